The van der Waals surface area contributed by atoms with Gasteiger partial charge in [0.2, 0.25) is 0 Å². The molecule has 1 fully saturated rings. The third-order valence-electron chi connectivity index (χ3n) is 7.46. The summed E-state index contributed by atoms with van der Waals surface area (Å²) in [7, 11) is 0. The van der Waals surface area contributed by atoms with E-state index in [4.69, 9.17) is 9.52 Å². The van der Waals surface area contributed by atoms with Crippen molar-refractivity contribution in [3.05, 3.63) is 121 Å². The van der Waals surface area contributed by atoms with Gasteiger partial charge in [0.25, 0.3) is 11.8 Å². The highest BCUT2D eigenvalue weighted by Crippen LogP contribution is 2.35. The number of aryl methyl sites for hydroxylation is 1. The van der Waals surface area contributed by atoms with Crippen LogP contribution in [-0.2, 0) is 20.8 Å². The number of carbonyl (C=O) groups is 3. The number of hydrazine groups is 1. The number of rotatable bonds is 10. The van der Waals surface area contributed by atoms with E-state index in [1.54, 1.807) is 24.3 Å². The van der Waals surface area contributed by atoms with Gasteiger partial charge in [-0.1, -0.05) is 98.6 Å². The number of aromatic nitrogens is 1. The molecule has 1 atom stereocenters. The van der Waals surface area contributed by atoms with Crippen molar-refractivity contribution in [1.82, 2.24) is 4.98 Å². The van der Waals surface area contributed by atoms with E-state index in [0.29, 0.717) is 29.4 Å². The van der Waals surface area contributed by atoms with Gasteiger partial charge in [-0.15, -0.1) is 0 Å². The predicted octanol–water partition coefficient (Wildman–Crippen LogP) is 7.52. The van der Waals surface area contributed by atoms with Crippen molar-refractivity contribution in [2.24, 2.45) is 5.92 Å². The molecule has 0 aliphatic carbocycles. The standard InChI is InChI=1S/C19H20N2O3.C18H15NO3/c1-2-3-9-17-18(23)20(14-7-5-4-6-8-14)21(19(17)24)15-10-12-16(22)13-11-15;20-16(21)12-11-15-19-17(13-7-3-1-4-8-13)18(22-15)14-9-5-2-6-10-14/h4-8,10-13,17,22H,2-3,9H2,1H3;1-10H,11-12H2,(H,20,21). The summed E-state index contributed by atoms with van der Waals surface area (Å²) in [5.41, 5.74) is 3.84. The molecular formula is C37H35N3O6. The predicted molar refractivity (Wildman–Crippen MR) is 176 cm³/mol. The lowest BCUT2D eigenvalue weighted by Gasteiger charge is -2.27. The van der Waals surface area contributed by atoms with Gasteiger partial charge in [0.1, 0.15) is 17.4 Å². The minimum absolute atomic E-state index is 0.00295. The number of phenols is 1. The number of nitrogens with zero attached hydrogens (tertiary/aromatic N) is 3. The van der Waals surface area contributed by atoms with Crippen molar-refractivity contribution in [2.75, 3.05) is 10.0 Å². The Morgan fingerprint density at radius 3 is 1.83 bits per heavy atom. The van der Waals surface area contributed by atoms with Crippen LogP contribution in [0.1, 0.15) is 38.5 Å². The number of oxazole rings is 1. The van der Waals surface area contributed by atoms with Crippen molar-refractivity contribution < 1.29 is 29.0 Å². The van der Waals surface area contributed by atoms with E-state index in [1.165, 1.54) is 22.2 Å². The van der Waals surface area contributed by atoms with E-state index in [-0.39, 0.29) is 30.4 Å². The largest absolute Gasteiger partial charge is 0.508 e. The highest BCUT2D eigenvalue weighted by atomic mass is 16.4. The summed E-state index contributed by atoms with van der Waals surface area (Å²) < 4.78 is 5.83. The zero-order chi connectivity index (χ0) is 32.5. The second-order valence-corrected chi connectivity index (χ2v) is 10.8. The van der Waals surface area contributed by atoms with Crippen molar-refractivity contribution in [3.63, 3.8) is 0 Å². The molecule has 6 rings (SSSR count). The number of carbonyl (C=O) groups excluding carboxylic acids is 2. The van der Waals surface area contributed by atoms with Crippen LogP contribution >= 0.6 is 0 Å². The highest BCUT2D eigenvalue weighted by molar-refractivity contribution is 6.23. The van der Waals surface area contributed by atoms with Crippen LogP contribution in [0.3, 0.4) is 0 Å². The van der Waals surface area contributed by atoms with Crippen LogP contribution in [0.2, 0.25) is 0 Å². The van der Waals surface area contributed by atoms with Crippen molar-refractivity contribution >= 4 is 29.2 Å². The van der Waals surface area contributed by atoms with Crippen LogP contribution in [0.25, 0.3) is 22.6 Å². The number of unbranched alkanes of at least 4 members (excludes halogenated alkanes) is 1. The quantitative estimate of drug-likeness (QED) is 0.155. The Balaban J connectivity index is 0.000000182. The second-order valence-electron chi connectivity index (χ2n) is 10.8. The molecule has 5 aromatic rings. The highest BCUT2D eigenvalue weighted by Gasteiger charge is 2.46. The van der Waals surface area contributed by atoms with Gasteiger partial charge in [-0.3, -0.25) is 14.4 Å². The summed E-state index contributed by atoms with van der Waals surface area (Å²) in [6, 6.07) is 34.9. The van der Waals surface area contributed by atoms with E-state index in [9.17, 15) is 19.5 Å². The van der Waals surface area contributed by atoms with Gasteiger partial charge in [-0.05, 0) is 42.8 Å². The Labute approximate surface area is 267 Å². The first-order chi connectivity index (χ1) is 22.4. The van der Waals surface area contributed by atoms with Gasteiger partial charge in [-0.2, -0.15) is 0 Å². The van der Waals surface area contributed by atoms with Gasteiger partial charge >= 0.3 is 5.97 Å². The molecule has 2 N–H and O–H groups in total. The van der Waals surface area contributed by atoms with Crippen LogP contribution in [0, 0.1) is 5.92 Å². The van der Waals surface area contributed by atoms with Crippen LogP contribution in [-0.4, -0.2) is 33.0 Å². The smallest absolute Gasteiger partial charge is 0.303 e. The van der Waals surface area contributed by atoms with Crippen molar-refractivity contribution in [1.29, 1.82) is 0 Å². The fraction of sp³-hybridized carbons (Fsp3) is 0.189. The molecule has 1 aromatic heterocycles. The number of amides is 2. The summed E-state index contributed by atoms with van der Waals surface area (Å²) >= 11 is 0. The zero-order valence-corrected chi connectivity index (χ0v) is 25.5. The number of hydrogen-bond donors (Lipinski definition) is 2. The molecule has 2 heterocycles. The van der Waals surface area contributed by atoms with E-state index in [1.807, 2.05) is 85.8 Å². The second kappa shape index (κ2) is 14.9. The Bertz CT molecular complexity index is 1700. The molecule has 0 bridgehead atoms. The molecule has 234 valence electrons. The summed E-state index contributed by atoms with van der Waals surface area (Å²) in [5.74, 6) is -0.701. The first kappa shape index (κ1) is 31.7. The number of anilines is 2. The zero-order valence-electron chi connectivity index (χ0n) is 25.5. The number of carboxylic acids is 1. The first-order valence-electron chi connectivity index (χ1n) is 15.2. The third-order valence-corrected chi connectivity index (χ3v) is 7.46. The van der Waals surface area contributed by atoms with E-state index < -0.39 is 11.9 Å². The monoisotopic (exact) mass is 617 g/mol. The summed E-state index contributed by atoms with van der Waals surface area (Å²) in [5, 5.41) is 21.2. The van der Waals surface area contributed by atoms with Crippen LogP contribution in [0.15, 0.2) is 120 Å². The lowest BCUT2D eigenvalue weighted by Crippen LogP contribution is -2.41. The van der Waals surface area contributed by atoms with Crippen LogP contribution < -0.4 is 10.0 Å². The maximum Gasteiger partial charge on any atom is 0.303 e. The molecule has 9 heteroatoms. The molecule has 0 spiro atoms. The van der Waals surface area contributed by atoms with Gasteiger partial charge < -0.3 is 14.6 Å². The Hall–Kier alpha value is -5.70. The van der Waals surface area contributed by atoms with Crippen molar-refractivity contribution in [2.45, 2.75) is 39.0 Å². The molecule has 1 saturated heterocycles. The third kappa shape index (κ3) is 7.32. The fourth-order valence-electron chi connectivity index (χ4n) is 5.16. The average Bonchev–Trinajstić information content (AvgIpc) is 3.63. The lowest BCUT2D eigenvalue weighted by atomic mass is 10.0. The normalized spacial score (nSPS) is 14.2. The number of carboxylic acid groups (broad SMARTS) is 1. The minimum atomic E-state index is -0.860. The molecule has 0 saturated carbocycles. The van der Waals surface area contributed by atoms with Gasteiger partial charge in [-0.25, -0.2) is 15.0 Å². The molecule has 4 aromatic carbocycles. The van der Waals surface area contributed by atoms with Crippen molar-refractivity contribution in [3.8, 4) is 28.3 Å². The molecule has 46 heavy (non-hydrogen) atoms. The number of aliphatic carboxylic acids is 1. The Morgan fingerprint density at radius 1 is 0.761 bits per heavy atom. The van der Waals surface area contributed by atoms with Gasteiger partial charge in [0.15, 0.2) is 11.7 Å². The Kier molecular flexibility index (Phi) is 10.2. The number of hydrogen-bond acceptors (Lipinski definition) is 6. The molecule has 0 radical (unpaired) electrons. The van der Waals surface area contributed by atoms with E-state index in [2.05, 4.69) is 4.98 Å². The summed E-state index contributed by atoms with van der Waals surface area (Å²) in [4.78, 5) is 41.0. The lowest BCUT2D eigenvalue weighted by molar-refractivity contribution is -0.137. The first-order valence-corrected chi connectivity index (χ1v) is 15.2. The molecule has 1 aliphatic heterocycles. The Morgan fingerprint density at radius 2 is 1.28 bits per heavy atom. The average molecular weight is 618 g/mol. The van der Waals surface area contributed by atoms with Gasteiger partial charge in [0.05, 0.1) is 17.8 Å². The van der Waals surface area contributed by atoms with Gasteiger partial charge in [0, 0.05) is 17.5 Å². The molecule has 1 unspecified atom stereocenters. The SMILES string of the molecule is CCCCC1C(=O)N(c2ccccc2)N(c2ccc(O)cc2)C1=O.O=C(O)CCc1nc(-c2ccccc2)c(-c2ccccc2)o1. The molecular weight excluding hydrogens is 582 g/mol. The molecule has 1 aliphatic rings. The molecule has 2 amide bonds. The summed E-state index contributed by atoms with van der Waals surface area (Å²) in [6.45, 7) is 2.04. The number of aromatic hydroxyl groups is 1. The van der Waals surface area contributed by atoms with Crippen LogP contribution in [0.4, 0.5) is 11.4 Å². The number of benzene rings is 4. The fourth-order valence-corrected chi connectivity index (χ4v) is 5.16. The topological polar surface area (TPSA) is 124 Å². The number of para-hydroxylation sites is 1. The maximum absolute atomic E-state index is 12.9. The van der Waals surface area contributed by atoms with E-state index >= 15 is 0 Å². The number of phenolic OH excluding ortho intramolecular Hbond substituents is 1. The minimum Gasteiger partial charge on any atom is -0.508 e. The molecule has 9 nitrogen and oxygen atoms in total. The van der Waals surface area contributed by atoms with Crippen LogP contribution in [0.5, 0.6) is 5.75 Å². The summed E-state index contributed by atoms with van der Waals surface area (Å²) in [6.07, 6.45) is 2.59. The van der Waals surface area contributed by atoms with E-state index in [0.717, 1.165) is 29.7 Å². The maximum atomic E-state index is 12.9.